The third kappa shape index (κ3) is 6.88. The number of H-pyrrole nitrogens is 1. The first-order chi connectivity index (χ1) is 17.8. The molecule has 2 amide bonds. The minimum atomic E-state index is -0.902. The molecule has 0 atom stereocenters. The molecule has 5 rings (SSSR count). The summed E-state index contributed by atoms with van der Waals surface area (Å²) in [6.45, 7) is 2.45. The Balaban J connectivity index is 0.000000207. The Morgan fingerprint density at radius 2 is 1.86 bits per heavy atom. The van der Waals surface area contributed by atoms with E-state index < -0.39 is 11.9 Å². The maximum atomic E-state index is 12.0. The molecule has 4 heterocycles. The van der Waals surface area contributed by atoms with E-state index in [1.165, 1.54) is 39.5 Å². The molecule has 0 radical (unpaired) electrons. The highest BCUT2D eigenvalue weighted by Gasteiger charge is 2.16. The molecular formula is C26H30N4O5S2. The van der Waals surface area contributed by atoms with Gasteiger partial charge in [0.2, 0.25) is 0 Å². The molecule has 0 saturated carbocycles. The fourth-order valence-corrected chi connectivity index (χ4v) is 6.74. The molecule has 0 unspecified atom stereocenters. The van der Waals surface area contributed by atoms with Gasteiger partial charge in [-0.1, -0.05) is 12.1 Å². The normalized spacial score (nSPS) is 13.8. The number of carboxylic acid groups (broad SMARTS) is 1. The number of thiophene rings is 2. The number of benzene rings is 1. The second kappa shape index (κ2) is 12.2. The predicted octanol–water partition coefficient (Wildman–Crippen LogP) is 4.07. The summed E-state index contributed by atoms with van der Waals surface area (Å²) in [5.74, 6) is -0.986. The first-order valence-electron chi connectivity index (χ1n) is 12.1. The van der Waals surface area contributed by atoms with E-state index in [2.05, 4.69) is 21.7 Å². The van der Waals surface area contributed by atoms with Crippen LogP contribution in [-0.4, -0.2) is 52.6 Å². The molecule has 3 aromatic heterocycles. The summed E-state index contributed by atoms with van der Waals surface area (Å²) in [6.07, 6.45) is 4.88. The number of aryl methyl sites for hydroxylation is 1. The molecule has 196 valence electrons. The quantitative estimate of drug-likeness (QED) is 0.197. The highest BCUT2D eigenvalue weighted by molar-refractivity contribution is 7.39. The SMILES string of the molecule is NC(=O)c1[nH]c2ccccc2c1O.O=C(O)CCNC(=O)c1cc2cc(CCC3CCNCC3)sc2s1. The monoisotopic (exact) mass is 542 g/mol. The van der Waals surface area contributed by atoms with E-state index in [-0.39, 0.29) is 30.3 Å². The first kappa shape index (κ1) is 26.6. The number of carbonyl (C=O) groups excluding carboxylic acids is 2. The number of hydrogen-bond donors (Lipinski definition) is 6. The Kier molecular flexibility index (Phi) is 8.80. The summed E-state index contributed by atoms with van der Waals surface area (Å²) in [5, 5.41) is 25.9. The molecule has 9 nitrogen and oxygen atoms in total. The van der Waals surface area contributed by atoms with Crippen LogP contribution < -0.4 is 16.4 Å². The van der Waals surface area contributed by atoms with Crippen LogP contribution >= 0.6 is 22.7 Å². The van der Waals surface area contributed by atoms with E-state index in [0.717, 1.165) is 30.8 Å². The van der Waals surface area contributed by atoms with Gasteiger partial charge in [0, 0.05) is 27.7 Å². The van der Waals surface area contributed by atoms with Crippen LogP contribution in [0.5, 0.6) is 5.75 Å². The van der Waals surface area contributed by atoms with Crippen molar-refractivity contribution in [3.8, 4) is 5.75 Å². The molecule has 0 aliphatic carbocycles. The van der Waals surface area contributed by atoms with Crippen molar-refractivity contribution in [1.82, 2.24) is 15.6 Å². The summed E-state index contributed by atoms with van der Waals surface area (Å²) in [4.78, 5) is 38.1. The van der Waals surface area contributed by atoms with Crippen molar-refractivity contribution in [3.63, 3.8) is 0 Å². The number of nitrogens with one attached hydrogen (secondary N) is 3. The Hall–Kier alpha value is -3.41. The molecule has 37 heavy (non-hydrogen) atoms. The average molecular weight is 543 g/mol. The number of fused-ring (bicyclic) bond motifs is 2. The lowest BCUT2D eigenvalue weighted by Gasteiger charge is -2.22. The zero-order valence-corrected chi connectivity index (χ0v) is 21.8. The molecule has 4 aromatic rings. The fourth-order valence-electron chi connectivity index (χ4n) is 4.32. The van der Waals surface area contributed by atoms with Crippen LogP contribution in [0.3, 0.4) is 0 Å². The Morgan fingerprint density at radius 3 is 2.54 bits per heavy atom. The summed E-state index contributed by atoms with van der Waals surface area (Å²) < 4.78 is 1.18. The van der Waals surface area contributed by atoms with Gasteiger partial charge in [-0.3, -0.25) is 14.4 Å². The third-order valence-electron chi connectivity index (χ3n) is 6.30. The predicted molar refractivity (Wildman–Crippen MR) is 147 cm³/mol. The number of para-hydroxylation sites is 1. The molecule has 1 fully saturated rings. The number of aromatic hydroxyl groups is 1. The number of aliphatic carboxylic acids is 1. The van der Waals surface area contributed by atoms with Gasteiger partial charge in [-0.2, -0.15) is 0 Å². The van der Waals surface area contributed by atoms with Crippen molar-refractivity contribution < 1.29 is 24.6 Å². The Labute approximate surface area is 221 Å². The standard InChI is InChI=1S/C17H22N2O3S2.C9H8N2O2/c20-15(21)5-8-19-16(22)14-10-12-9-13(23-17(12)24-14)2-1-11-3-6-18-7-4-11;10-9(13)7-8(12)5-3-1-2-4-6(5)11-7/h9-11,18H,1-8H2,(H,19,22)(H,20,21);1-4,11-12H,(H2,10,13). The Bertz CT molecular complexity index is 1370. The van der Waals surface area contributed by atoms with Gasteiger partial charge in [-0.15, -0.1) is 22.7 Å². The van der Waals surface area contributed by atoms with Crippen LogP contribution in [0.25, 0.3) is 20.3 Å². The smallest absolute Gasteiger partial charge is 0.305 e. The van der Waals surface area contributed by atoms with Crippen molar-refractivity contribution in [3.05, 3.63) is 51.8 Å². The van der Waals surface area contributed by atoms with Crippen molar-refractivity contribution in [2.75, 3.05) is 19.6 Å². The third-order valence-corrected chi connectivity index (χ3v) is 8.75. The molecule has 0 spiro atoms. The van der Waals surface area contributed by atoms with E-state index in [4.69, 9.17) is 10.8 Å². The molecule has 7 N–H and O–H groups in total. The number of primary amides is 1. The van der Waals surface area contributed by atoms with Crippen LogP contribution in [0, 0.1) is 5.92 Å². The summed E-state index contributed by atoms with van der Waals surface area (Å²) in [7, 11) is 0. The molecule has 1 aliphatic rings. The number of carbonyl (C=O) groups is 3. The van der Waals surface area contributed by atoms with Crippen molar-refractivity contribution in [1.29, 1.82) is 0 Å². The largest absolute Gasteiger partial charge is 0.505 e. The topological polar surface area (TPSA) is 158 Å². The van der Waals surface area contributed by atoms with Gasteiger partial charge in [0.05, 0.1) is 15.3 Å². The lowest BCUT2D eigenvalue weighted by atomic mass is 9.93. The highest BCUT2D eigenvalue weighted by Crippen LogP contribution is 2.35. The van der Waals surface area contributed by atoms with Crippen LogP contribution in [0.4, 0.5) is 0 Å². The van der Waals surface area contributed by atoms with E-state index >= 15 is 0 Å². The lowest BCUT2D eigenvalue weighted by molar-refractivity contribution is -0.136. The summed E-state index contributed by atoms with van der Waals surface area (Å²) in [5.41, 5.74) is 5.81. The van der Waals surface area contributed by atoms with Crippen LogP contribution in [0.15, 0.2) is 36.4 Å². The second-order valence-corrected chi connectivity index (χ2v) is 11.4. The number of amides is 2. The second-order valence-electron chi connectivity index (χ2n) is 8.96. The zero-order valence-electron chi connectivity index (χ0n) is 20.2. The van der Waals surface area contributed by atoms with Crippen LogP contribution in [-0.2, 0) is 11.2 Å². The number of rotatable bonds is 8. The Morgan fingerprint density at radius 1 is 1.11 bits per heavy atom. The minimum absolute atomic E-state index is 0.0493. The van der Waals surface area contributed by atoms with Gasteiger partial charge >= 0.3 is 5.97 Å². The number of hydrogen-bond acceptors (Lipinski definition) is 7. The van der Waals surface area contributed by atoms with Gasteiger partial charge in [0.1, 0.15) is 5.69 Å². The van der Waals surface area contributed by atoms with Crippen molar-refractivity contribution in [2.45, 2.75) is 32.1 Å². The van der Waals surface area contributed by atoms with Crippen LogP contribution in [0.1, 0.15) is 50.7 Å². The first-order valence-corrected chi connectivity index (χ1v) is 13.8. The number of aromatic amines is 1. The summed E-state index contributed by atoms with van der Waals surface area (Å²) in [6, 6.07) is 11.2. The van der Waals surface area contributed by atoms with Gasteiger partial charge in [-0.25, -0.2) is 0 Å². The lowest BCUT2D eigenvalue weighted by Crippen LogP contribution is -2.27. The average Bonchev–Trinajstić information content (AvgIpc) is 3.55. The van der Waals surface area contributed by atoms with Gasteiger partial charge < -0.3 is 31.6 Å². The maximum absolute atomic E-state index is 12.0. The molecular weight excluding hydrogens is 512 g/mol. The van der Waals surface area contributed by atoms with Gasteiger partial charge in [0.15, 0.2) is 5.75 Å². The molecule has 11 heteroatoms. The molecule has 1 saturated heterocycles. The molecule has 1 aliphatic heterocycles. The van der Waals surface area contributed by atoms with E-state index in [0.29, 0.717) is 15.8 Å². The molecule has 0 bridgehead atoms. The van der Waals surface area contributed by atoms with Crippen molar-refractivity contribution in [2.24, 2.45) is 11.7 Å². The number of aromatic nitrogens is 1. The molecule has 1 aromatic carbocycles. The zero-order chi connectivity index (χ0) is 26.4. The maximum Gasteiger partial charge on any atom is 0.305 e. The van der Waals surface area contributed by atoms with Crippen molar-refractivity contribution >= 4 is 60.8 Å². The number of nitrogens with two attached hydrogens (primary N) is 1. The number of piperidine rings is 1. The summed E-state index contributed by atoms with van der Waals surface area (Å²) >= 11 is 3.28. The van der Waals surface area contributed by atoms with E-state index in [1.807, 2.05) is 12.1 Å². The van der Waals surface area contributed by atoms with E-state index in [9.17, 15) is 19.5 Å². The van der Waals surface area contributed by atoms with Gasteiger partial charge in [0.25, 0.3) is 11.8 Å². The fraction of sp³-hybridized carbons (Fsp3) is 0.346. The van der Waals surface area contributed by atoms with Gasteiger partial charge in [-0.05, 0) is 69.0 Å². The van der Waals surface area contributed by atoms with Crippen LogP contribution in [0.2, 0.25) is 0 Å². The highest BCUT2D eigenvalue weighted by atomic mass is 32.2. The minimum Gasteiger partial charge on any atom is -0.505 e. The van der Waals surface area contributed by atoms with E-state index in [1.54, 1.807) is 29.5 Å². The number of carboxylic acids is 1.